The number of fused-ring (bicyclic) bond motifs is 3. The van der Waals surface area contributed by atoms with E-state index in [0.717, 1.165) is 36.4 Å². The molecular formula is C14H13N5. The summed E-state index contributed by atoms with van der Waals surface area (Å²) in [6.45, 7) is 1.87. The standard InChI is InChI=1S/C14H13N5/c1-2-10(7-15-4-1)12-6-14-17-9-11-8-16-5-3-13(11)19(14)18-12/h1-2,4,6-7,9,16H,3,5,8H2. The maximum absolute atomic E-state index is 4.68. The van der Waals surface area contributed by atoms with Gasteiger partial charge in [-0.25, -0.2) is 9.50 Å². The van der Waals surface area contributed by atoms with Crippen LogP contribution < -0.4 is 5.32 Å². The van der Waals surface area contributed by atoms with Crippen molar-refractivity contribution in [2.75, 3.05) is 6.54 Å². The maximum Gasteiger partial charge on any atom is 0.155 e. The lowest BCUT2D eigenvalue weighted by atomic mass is 10.1. The van der Waals surface area contributed by atoms with Crippen molar-refractivity contribution < 1.29 is 0 Å². The van der Waals surface area contributed by atoms with Gasteiger partial charge in [0.1, 0.15) is 0 Å². The summed E-state index contributed by atoms with van der Waals surface area (Å²) in [6.07, 6.45) is 6.54. The first-order valence-corrected chi connectivity index (χ1v) is 6.39. The third kappa shape index (κ3) is 1.70. The molecule has 0 amide bonds. The molecule has 4 heterocycles. The summed E-state index contributed by atoms with van der Waals surface area (Å²) >= 11 is 0. The first-order valence-electron chi connectivity index (χ1n) is 6.39. The van der Waals surface area contributed by atoms with E-state index in [-0.39, 0.29) is 0 Å². The minimum Gasteiger partial charge on any atom is -0.312 e. The molecule has 0 aromatic carbocycles. The number of nitrogens with zero attached hydrogens (tertiary/aromatic N) is 4. The summed E-state index contributed by atoms with van der Waals surface area (Å²) in [5.41, 5.74) is 5.35. The smallest absolute Gasteiger partial charge is 0.155 e. The van der Waals surface area contributed by atoms with Gasteiger partial charge < -0.3 is 5.32 Å². The Morgan fingerprint density at radius 3 is 3.16 bits per heavy atom. The summed E-state index contributed by atoms with van der Waals surface area (Å²) in [5.74, 6) is 0. The fourth-order valence-corrected chi connectivity index (χ4v) is 2.52. The topological polar surface area (TPSA) is 55.1 Å². The van der Waals surface area contributed by atoms with Crippen LogP contribution >= 0.6 is 0 Å². The number of rotatable bonds is 1. The van der Waals surface area contributed by atoms with Gasteiger partial charge in [0.2, 0.25) is 0 Å². The summed E-state index contributed by atoms with van der Waals surface area (Å²) in [5, 5.41) is 8.04. The van der Waals surface area contributed by atoms with E-state index >= 15 is 0 Å². The molecular weight excluding hydrogens is 238 g/mol. The van der Waals surface area contributed by atoms with E-state index in [0.29, 0.717) is 0 Å². The second-order valence-electron chi connectivity index (χ2n) is 4.70. The number of hydrogen-bond donors (Lipinski definition) is 1. The van der Waals surface area contributed by atoms with Crippen LogP contribution in [0.2, 0.25) is 0 Å². The Hall–Kier alpha value is -2.27. The molecule has 0 saturated carbocycles. The molecule has 5 nitrogen and oxygen atoms in total. The first kappa shape index (κ1) is 10.6. The molecule has 3 aromatic rings. The highest BCUT2D eigenvalue weighted by Gasteiger charge is 2.15. The van der Waals surface area contributed by atoms with Crippen molar-refractivity contribution in [1.29, 1.82) is 0 Å². The molecule has 0 spiro atoms. The average Bonchev–Trinajstić information content (AvgIpc) is 2.93. The quantitative estimate of drug-likeness (QED) is 0.711. The molecule has 0 atom stereocenters. The number of nitrogens with one attached hydrogen (secondary N) is 1. The Labute approximate surface area is 110 Å². The van der Waals surface area contributed by atoms with Gasteiger partial charge in [-0.3, -0.25) is 4.98 Å². The summed E-state index contributed by atoms with van der Waals surface area (Å²) in [6, 6.07) is 5.95. The monoisotopic (exact) mass is 251 g/mol. The van der Waals surface area contributed by atoms with Gasteiger partial charge in [0.25, 0.3) is 0 Å². The minimum atomic E-state index is 0.875. The summed E-state index contributed by atoms with van der Waals surface area (Å²) in [7, 11) is 0. The molecule has 0 fully saturated rings. The highest BCUT2D eigenvalue weighted by molar-refractivity contribution is 5.63. The third-order valence-corrected chi connectivity index (χ3v) is 3.48. The Kier molecular flexibility index (Phi) is 2.31. The zero-order chi connectivity index (χ0) is 12.7. The summed E-state index contributed by atoms with van der Waals surface area (Å²) < 4.78 is 1.97. The van der Waals surface area contributed by atoms with Crippen molar-refractivity contribution in [3.63, 3.8) is 0 Å². The van der Waals surface area contributed by atoms with Crippen LogP contribution in [-0.4, -0.2) is 26.1 Å². The van der Waals surface area contributed by atoms with Crippen molar-refractivity contribution in [3.8, 4) is 11.3 Å². The zero-order valence-electron chi connectivity index (χ0n) is 10.4. The lowest BCUT2D eigenvalue weighted by Crippen LogP contribution is -2.26. The second-order valence-corrected chi connectivity index (χ2v) is 4.70. The van der Waals surface area contributed by atoms with Gasteiger partial charge in [0, 0.05) is 55.3 Å². The Morgan fingerprint density at radius 1 is 1.26 bits per heavy atom. The Morgan fingerprint density at radius 2 is 2.26 bits per heavy atom. The van der Waals surface area contributed by atoms with Gasteiger partial charge in [0.05, 0.1) is 11.4 Å². The van der Waals surface area contributed by atoms with Gasteiger partial charge in [0.15, 0.2) is 5.65 Å². The van der Waals surface area contributed by atoms with E-state index in [9.17, 15) is 0 Å². The van der Waals surface area contributed by atoms with E-state index in [1.807, 2.05) is 35.1 Å². The molecule has 3 aromatic heterocycles. The molecule has 0 saturated heterocycles. The highest BCUT2D eigenvalue weighted by atomic mass is 15.3. The molecule has 0 bridgehead atoms. The van der Waals surface area contributed by atoms with Gasteiger partial charge >= 0.3 is 0 Å². The van der Waals surface area contributed by atoms with Crippen molar-refractivity contribution in [1.82, 2.24) is 24.9 Å². The van der Waals surface area contributed by atoms with Gasteiger partial charge in [-0.1, -0.05) is 0 Å². The molecule has 19 heavy (non-hydrogen) atoms. The lowest BCUT2D eigenvalue weighted by Gasteiger charge is -2.16. The molecule has 1 aliphatic rings. The summed E-state index contributed by atoms with van der Waals surface area (Å²) in [4.78, 5) is 8.62. The van der Waals surface area contributed by atoms with Crippen LogP contribution in [-0.2, 0) is 13.0 Å². The normalized spacial score (nSPS) is 14.5. The average molecular weight is 251 g/mol. The van der Waals surface area contributed by atoms with Gasteiger partial charge in [-0.2, -0.15) is 5.10 Å². The first-order chi connectivity index (χ1) is 9.42. The molecule has 1 aliphatic heterocycles. The molecule has 5 heteroatoms. The molecule has 94 valence electrons. The van der Waals surface area contributed by atoms with Crippen LogP contribution in [0.3, 0.4) is 0 Å². The van der Waals surface area contributed by atoms with Crippen LogP contribution in [0.1, 0.15) is 11.3 Å². The van der Waals surface area contributed by atoms with Crippen molar-refractivity contribution >= 4 is 5.65 Å². The molecule has 4 rings (SSSR count). The van der Waals surface area contributed by atoms with E-state index in [2.05, 4.69) is 20.4 Å². The van der Waals surface area contributed by atoms with E-state index in [1.165, 1.54) is 11.3 Å². The SMILES string of the molecule is c1cncc(-c2cc3ncc4c(n3n2)CCNC4)c1. The fourth-order valence-electron chi connectivity index (χ4n) is 2.52. The number of aromatic nitrogens is 4. The molecule has 0 radical (unpaired) electrons. The number of pyridine rings is 1. The molecule has 1 N–H and O–H groups in total. The largest absolute Gasteiger partial charge is 0.312 e. The van der Waals surface area contributed by atoms with Crippen molar-refractivity contribution in [2.24, 2.45) is 0 Å². The maximum atomic E-state index is 4.68. The molecule has 0 unspecified atom stereocenters. The van der Waals surface area contributed by atoms with Crippen LogP contribution in [0.4, 0.5) is 0 Å². The molecule has 0 aliphatic carbocycles. The fraction of sp³-hybridized carbons (Fsp3) is 0.214. The van der Waals surface area contributed by atoms with Crippen LogP contribution in [0.25, 0.3) is 16.9 Å². The van der Waals surface area contributed by atoms with Crippen molar-refractivity contribution in [2.45, 2.75) is 13.0 Å². The van der Waals surface area contributed by atoms with Gasteiger partial charge in [-0.15, -0.1) is 0 Å². The van der Waals surface area contributed by atoms with E-state index < -0.39 is 0 Å². The van der Waals surface area contributed by atoms with Crippen LogP contribution in [0.5, 0.6) is 0 Å². The van der Waals surface area contributed by atoms with Crippen molar-refractivity contribution in [3.05, 3.63) is 48.0 Å². The predicted octanol–water partition coefficient (Wildman–Crippen LogP) is 1.44. The van der Waals surface area contributed by atoms with Crippen LogP contribution in [0.15, 0.2) is 36.8 Å². The van der Waals surface area contributed by atoms with E-state index in [4.69, 9.17) is 0 Å². The third-order valence-electron chi connectivity index (χ3n) is 3.48. The second kappa shape index (κ2) is 4.13. The number of hydrogen-bond acceptors (Lipinski definition) is 4. The van der Waals surface area contributed by atoms with Gasteiger partial charge in [-0.05, 0) is 12.1 Å². The Balaban J connectivity index is 1.92. The lowest BCUT2D eigenvalue weighted by molar-refractivity contribution is 0.610. The Bertz CT molecular complexity index is 732. The highest BCUT2D eigenvalue weighted by Crippen LogP contribution is 2.21. The zero-order valence-corrected chi connectivity index (χ0v) is 10.4. The predicted molar refractivity (Wildman–Crippen MR) is 71.6 cm³/mol. The minimum absolute atomic E-state index is 0.875. The van der Waals surface area contributed by atoms with Crippen LogP contribution in [0, 0.1) is 0 Å². The van der Waals surface area contributed by atoms with E-state index in [1.54, 1.807) is 6.20 Å².